The molecule has 2 rings (SSSR count). The van der Waals surface area contributed by atoms with E-state index in [1.54, 1.807) is 0 Å². The van der Waals surface area contributed by atoms with Crippen LogP contribution in [-0.2, 0) is 9.59 Å². The highest BCUT2D eigenvalue weighted by Gasteiger charge is 2.22. The summed E-state index contributed by atoms with van der Waals surface area (Å²) in [7, 11) is 0. The molecule has 126 valence electrons. The minimum absolute atomic E-state index is 0.234. The lowest BCUT2D eigenvalue weighted by molar-refractivity contribution is -0.120. The Morgan fingerprint density at radius 3 is 2.25 bits per heavy atom. The predicted molar refractivity (Wildman–Crippen MR) is 89.5 cm³/mol. The molecular formula is C16H12Cl2F2N2O2. The van der Waals surface area contributed by atoms with Gasteiger partial charge in [0.05, 0.1) is 10.0 Å². The zero-order valence-electron chi connectivity index (χ0n) is 12.4. The van der Waals surface area contributed by atoms with E-state index in [0.717, 1.165) is 24.0 Å². The van der Waals surface area contributed by atoms with Gasteiger partial charge in [0, 0.05) is 12.6 Å². The van der Waals surface area contributed by atoms with Gasteiger partial charge in [-0.3, -0.25) is 14.5 Å². The van der Waals surface area contributed by atoms with Crippen molar-refractivity contribution in [3.8, 4) is 0 Å². The maximum atomic E-state index is 13.8. The number of hydrogen-bond acceptors (Lipinski definition) is 2. The summed E-state index contributed by atoms with van der Waals surface area (Å²) in [6.45, 7) is 0.547. The van der Waals surface area contributed by atoms with Crippen molar-refractivity contribution in [2.24, 2.45) is 0 Å². The molecule has 0 atom stereocenters. The maximum Gasteiger partial charge on any atom is 0.244 e. The van der Waals surface area contributed by atoms with Crippen LogP contribution in [0.3, 0.4) is 0 Å². The number of carbonyl (C=O) groups is 2. The normalized spacial score (nSPS) is 10.4. The average molecular weight is 373 g/mol. The molecule has 0 aromatic heterocycles. The summed E-state index contributed by atoms with van der Waals surface area (Å²) in [5, 5.41) is 3.03. The minimum atomic E-state index is -0.937. The lowest BCUT2D eigenvalue weighted by Gasteiger charge is -2.21. The van der Waals surface area contributed by atoms with E-state index in [0.29, 0.717) is 10.7 Å². The SMILES string of the molecule is CC(=O)N(CC(=O)Nc1ccc(Cl)c(Cl)c1)c1c(F)cccc1F. The number of nitrogens with one attached hydrogen (secondary N) is 1. The molecule has 2 aromatic carbocycles. The quantitative estimate of drug-likeness (QED) is 0.871. The third-order valence-corrected chi connectivity index (χ3v) is 3.83. The number of nitrogens with zero attached hydrogens (tertiary/aromatic N) is 1. The van der Waals surface area contributed by atoms with Gasteiger partial charge in [-0.05, 0) is 30.3 Å². The molecule has 0 spiro atoms. The van der Waals surface area contributed by atoms with E-state index in [9.17, 15) is 18.4 Å². The van der Waals surface area contributed by atoms with E-state index in [2.05, 4.69) is 5.32 Å². The highest BCUT2D eigenvalue weighted by atomic mass is 35.5. The lowest BCUT2D eigenvalue weighted by Crippen LogP contribution is -2.37. The van der Waals surface area contributed by atoms with Gasteiger partial charge in [0.15, 0.2) is 0 Å². The fourth-order valence-electron chi connectivity index (χ4n) is 2.01. The molecule has 0 heterocycles. The molecule has 0 aliphatic carbocycles. The van der Waals surface area contributed by atoms with Gasteiger partial charge in [-0.15, -0.1) is 0 Å². The molecule has 0 aliphatic rings. The number of hydrogen-bond donors (Lipinski definition) is 1. The highest BCUT2D eigenvalue weighted by molar-refractivity contribution is 6.42. The molecule has 2 aromatic rings. The molecule has 0 fully saturated rings. The number of carbonyl (C=O) groups excluding carboxylic acids is 2. The fourth-order valence-corrected chi connectivity index (χ4v) is 2.31. The van der Waals surface area contributed by atoms with Crippen LogP contribution in [0.5, 0.6) is 0 Å². The fraction of sp³-hybridized carbons (Fsp3) is 0.125. The van der Waals surface area contributed by atoms with Gasteiger partial charge >= 0.3 is 0 Å². The van der Waals surface area contributed by atoms with Crippen molar-refractivity contribution in [1.82, 2.24) is 0 Å². The van der Waals surface area contributed by atoms with Crippen LogP contribution in [0.1, 0.15) is 6.92 Å². The smallest absolute Gasteiger partial charge is 0.244 e. The summed E-state index contributed by atoms with van der Waals surface area (Å²) >= 11 is 11.6. The van der Waals surface area contributed by atoms with Crippen LogP contribution in [0, 0.1) is 11.6 Å². The molecule has 0 radical (unpaired) electrons. The minimum Gasteiger partial charge on any atom is -0.324 e. The number of anilines is 2. The molecule has 1 N–H and O–H groups in total. The molecular weight excluding hydrogens is 361 g/mol. The number of benzene rings is 2. The van der Waals surface area contributed by atoms with Gasteiger partial charge in [-0.2, -0.15) is 0 Å². The topological polar surface area (TPSA) is 49.4 Å². The van der Waals surface area contributed by atoms with E-state index in [4.69, 9.17) is 23.2 Å². The van der Waals surface area contributed by atoms with Crippen LogP contribution in [0.4, 0.5) is 20.2 Å². The first-order chi connectivity index (χ1) is 11.3. The Labute approximate surface area is 147 Å². The number of halogens is 4. The summed E-state index contributed by atoms with van der Waals surface area (Å²) < 4.78 is 27.7. The first-order valence-electron chi connectivity index (χ1n) is 6.76. The Hall–Kier alpha value is -2.18. The zero-order chi connectivity index (χ0) is 17.9. The number of para-hydroxylation sites is 1. The number of rotatable bonds is 4. The van der Waals surface area contributed by atoms with Gasteiger partial charge in [0.25, 0.3) is 0 Å². The second kappa shape index (κ2) is 7.59. The van der Waals surface area contributed by atoms with Gasteiger partial charge in [0.2, 0.25) is 11.8 Å². The molecule has 0 aliphatic heterocycles. The van der Waals surface area contributed by atoms with Crippen LogP contribution < -0.4 is 10.2 Å². The van der Waals surface area contributed by atoms with Gasteiger partial charge in [0.1, 0.15) is 23.9 Å². The van der Waals surface area contributed by atoms with Crippen molar-refractivity contribution in [3.63, 3.8) is 0 Å². The molecule has 0 unspecified atom stereocenters. The third-order valence-electron chi connectivity index (χ3n) is 3.09. The molecule has 24 heavy (non-hydrogen) atoms. The summed E-state index contributed by atoms with van der Waals surface area (Å²) in [4.78, 5) is 24.5. The highest BCUT2D eigenvalue weighted by Crippen LogP contribution is 2.26. The van der Waals surface area contributed by atoms with Crippen LogP contribution >= 0.6 is 23.2 Å². The van der Waals surface area contributed by atoms with Crippen molar-refractivity contribution >= 4 is 46.4 Å². The second-order valence-corrected chi connectivity index (χ2v) is 5.67. The largest absolute Gasteiger partial charge is 0.324 e. The Morgan fingerprint density at radius 2 is 1.71 bits per heavy atom. The van der Waals surface area contributed by atoms with Crippen LogP contribution in [0.2, 0.25) is 10.0 Å². The summed E-state index contributed by atoms with van der Waals surface area (Å²) in [6, 6.07) is 7.59. The lowest BCUT2D eigenvalue weighted by atomic mass is 10.2. The van der Waals surface area contributed by atoms with E-state index in [1.165, 1.54) is 24.3 Å². The van der Waals surface area contributed by atoms with Crippen molar-refractivity contribution in [2.45, 2.75) is 6.92 Å². The Bertz CT molecular complexity index is 779. The predicted octanol–water partition coefficient (Wildman–Crippen LogP) is 4.26. The summed E-state index contributed by atoms with van der Waals surface area (Å²) in [5.74, 6) is -3.20. The second-order valence-electron chi connectivity index (χ2n) is 4.85. The maximum absolute atomic E-state index is 13.8. The molecule has 0 bridgehead atoms. The standard InChI is InChI=1S/C16H12Cl2F2N2O2/c1-9(23)22(16-13(19)3-2-4-14(16)20)8-15(24)21-10-5-6-11(17)12(18)7-10/h2-7H,8H2,1H3,(H,21,24). The molecule has 4 nitrogen and oxygen atoms in total. The van der Waals surface area contributed by atoms with Crippen molar-refractivity contribution in [1.29, 1.82) is 0 Å². The zero-order valence-corrected chi connectivity index (χ0v) is 14.0. The Kier molecular flexibility index (Phi) is 5.75. The molecule has 8 heteroatoms. The first kappa shape index (κ1) is 18.2. The van der Waals surface area contributed by atoms with Gasteiger partial charge in [-0.1, -0.05) is 29.3 Å². The van der Waals surface area contributed by atoms with Crippen LogP contribution in [-0.4, -0.2) is 18.4 Å². The van der Waals surface area contributed by atoms with Crippen molar-refractivity contribution in [3.05, 3.63) is 58.1 Å². The average Bonchev–Trinajstić information content (AvgIpc) is 2.49. The van der Waals surface area contributed by atoms with Crippen molar-refractivity contribution in [2.75, 3.05) is 16.8 Å². The van der Waals surface area contributed by atoms with Crippen molar-refractivity contribution < 1.29 is 18.4 Å². The van der Waals surface area contributed by atoms with Gasteiger partial charge in [-0.25, -0.2) is 8.78 Å². The van der Waals surface area contributed by atoms with E-state index in [-0.39, 0.29) is 5.02 Å². The monoisotopic (exact) mass is 372 g/mol. The van der Waals surface area contributed by atoms with Crippen LogP contribution in [0.25, 0.3) is 0 Å². The Morgan fingerprint density at radius 1 is 1.08 bits per heavy atom. The molecule has 2 amide bonds. The van der Waals surface area contributed by atoms with E-state index >= 15 is 0 Å². The van der Waals surface area contributed by atoms with Gasteiger partial charge < -0.3 is 5.32 Å². The van der Waals surface area contributed by atoms with E-state index < -0.39 is 35.7 Å². The number of amides is 2. The Balaban J connectivity index is 2.20. The molecule has 0 saturated carbocycles. The molecule has 0 saturated heterocycles. The summed E-state index contributed by atoms with van der Waals surface area (Å²) in [5.41, 5.74) is -0.235. The third kappa shape index (κ3) is 4.21. The van der Waals surface area contributed by atoms with E-state index in [1.807, 2.05) is 0 Å². The van der Waals surface area contributed by atoms with Crippen LogP contribution in [0.15, 0.2) is 36.4 Å². The first-order valence-corrected chi connectivity index (χ1v) is 7.52. The summed E-state index contributed by atoms with van der Waals surface area (Å²) in [6.07, 6.45) is 0.